The van der Waals surface area contributed by atoms with Gasteiger partial charge in [-0.1, -0.05) is 30.3 Å². The lowest BCUT2D eigenvalue weighted by Crippen LogP contribution is -2.24. The first-order valence-corrected chi connectivity index (χ1v) is 6.35. The number of nitrogens with zero attached hydrogens (tertiary/aromatic N) is 1. The van der Waals surface area contributed by atoms with E-state index in [9.17, 15) is 4.79 Å². The normalized spacial score (nSPS) is 17.6. The van der Waals surface area contributed by atoms with Crippen LogP contribution in [0.4, 0.5) is 0 Å². The van der Waals surface area contributed by atoms with Crippen LogP contribution in [0.2, 0.25) is 0 Å². The molecule has 2 rings (SSSR count). The maximum Gasteiger partial charge on any atom is 0.330 e. The van der Waals surface area contributed by atoms with Gasteiger partial charge in [0.25, 0.3) is 0 Å². The zero-order valence-corrected chi connectivity index (χ0v) is 11.0. The van der Waals surface area contributed by atoms with E-state index in [-0.39, 0.29) is 6.61 Å². The van der Waals surface area contributed by atoms with Crippen molar-refractivity contribution in [2.24, 2.45) is 4.99 Å². The third kappa shape index (κ3) is 4.78. The van der Waals surface area contributed by atoms with Crippen LogP contribution in [0.5, 0.6) is 0 Å². The second kappa shape index (κ2) is 7.80. The first kappa shape index (κ1) is 14.7. The van der Waals surface area contributed by atoms with E-state index in [1.165, 1.54) is 0 Å². The van der Waals surface area contributed by atoms with Crippen LogP contribution < -0.4 is 0 Å². The molecule has 1 N–H and O–H groups in total. The molecular weight excluding hydrogens is 254 g/mol. The van der Waals surface area contributed by atoms with Crippen LogP contribution in [0.3, 0.4) is 0 Å². The summed E-state index contributed by atoms with van der Waals surface area (Å²) in [6, 6.07) is 8.75. The molecule has 0 spiro atoms. The summed E-state index contributed by atoms with van der Waals surface area (Å²) in [4.78, 5) is 15.2. The van der Waals surface area contributed by atoms with Gasteiger partial charge >= 0.3 is 5.97 Å². The molecule has 1 fully saturated rings. The Labute approximate surface area is 119 Å². The lowest BCUT2D eigenvalue weighted by Gasteiger charge is -2.09. The highest BCUT2D eigenvalue weighted by atomic mass is 16.5. The van der Waals surface area contributed by atoms with E-state index < -0.39 is 12.0 Å². The van der Waals surface area contributed by atoms with Crippen LogP contribution in [0.15, 0.2) is 35.3 Å². The molecule has 1 aliphatic rings. The molecule has 0 unspecified atom stereocenters. The van der Waals surface area contributed by atoms with Crippen molar-refractivity contribution in [3.8, 4) is 0 Å². The van der Waals surface area contributed by atoms with Gasteiger partial charge < -0.3 is 9.84 Å². The fourth-order valence-electron chi connectivity index (χ4n) is 1.69. The standard InChI is InChI=1S/C16H16NO3/c18-16(19)15(17-10-13-6-4-5-7-13)12-20-11-14-8-2-1-3-9-14/h1-10,15H,11-12H2,(H,18,19)/t15-/m0/s1. The summed E-state index contributed by atoms with van der Waals surface area (Å²) in [6.45, 7) is 0.442. The number of carboxylic acids is 1. The predicted molar refractivity (Wildman–Crippen MR) is 76.5 cm³/mol. The van der Waals surface area contributed by atoms with Crippen molar-refractivity contribution in [1.29, 1.82) is 0 Å². The summed E-state index contributed by atoms with van der Waals surface area (Å²) < 4.78 is 5.42. The number of hydrogen-bond donors (Lipinski definition) is 1. The lowest BCUT2D eigenvalue weighted by molar-refractivity contribution is -0.140. The Bertz CT molecular complexity index is 438. The summed E-state index contributed by atoms with van der Waals surface area (Å²) >= 11 is 0. The fourth-order valence-corrected chi connectivity index (χ4v) is 1.69. The lowest BCUT2D eigenvalue weighted by atomic mass is 10.1. The van der Waals surface area contributed by atoms with Gasteiger partial charge in [0.15, 0.2) is 6.04 Å². The monoisotopic (exact) mass is 270 g/mol. The molecule has 1 aliphatic carbocycles. The number of benzene rings is 1. The number of aliphatic carboxylic acids is 1. The van der Waals surface area contributed by atoms with Crippen LogP contribution in [-0.2, 0) is 16.1 Å². The molecule has 0 aromatic heterocycles. The molecule has 1 aromatic carbocycles. The Morgan fingerprint density at radius 1 is 1.25 bits per heavy atom. The Hall–Kier alpha value is -1.68. The van der Waals surface area contributed by atoms with Gasteiger partial charge in [0, 0.05) is 12.1 Å². The molecule has 4 heteroatoms. The number of hydrogen-bond acceptors (Lipinski definition) is 3. The van der Waals surface area contributed by atoms with Crippen LogP contribution in [-0.4, -0.2) is 29.9 Å². The zero-order chi connectivity index (χ0) is 14.2. The zero-order valence-electron chi connectivity index (χ0n) is 11.0. The van der Waals surface area contributed by atoms with Crippen molar-refractivity contribution in [2.45, 2.75) is 12.6 Å². The summed E-state index contributed by atoms with van der Waals surface area (Å²) in [7, 11) is 0. The summed E-state index contributed by atoms with van der Waals surface area (Å²) in [5.41, 5.74) is 1.01. The maximum atomic E-state index is 11.1. The molecule has 0 bridgehead atoms. The van der Waals surface area contributed by atoms with Crippen LogP contribution in [0, 0.1) is 31.6 Å². The second-order valence-corrected chi connectivity index (χ2v) is 4.35. The molecule has 20 heavy (non-hydrogen) atoms. The largest absolute Gasteiger partial charge is 0.480 e. The molecule has 1 atom stereocenters. The second-order valence-electron chi connectivity index (χ2n) is 4.35. The molecule has 4 nitrogen and oxygen atoms in total. The number of rotatable bonds is 7. The molecular formula is C16H16NO3. The average molecular weight is 270 g/mol. The molecule has 103 valence electrons. The smallest absolute Gasteiger partial charge is 0.330 e. The minimum absolute atomic E-state index is 0.0570. The van der Waals surface area contributed by atoms with Crippen LogP contribution in [0.25, 0.3) is 0 Å². The predicted octanol–water partition coefficient (Wildman–Crippen LogP) is 2.13. The van der Waals surface area contributed by atoms with E-state index >= 15 is 0 Å². The summed E-state index contributed by atoms with van der Waals surface area (Å²) in [5, 5.41) is 9.11. The number of ether oxygens (including phenoxy) is 1. The number of aliphatic imine (C=N–C) groups is 1. The van der Waals surface area contributed by atoms with E-state index in [1.54, 1.807) is 6.21 Å². The van der Waals surface area contributed by atoms with Gasteiger partial charge in [-0.05, 0) is 31.2 Å². The first-order valence-electron chi connectivity index (χ1n) is 6.35. The van der Waals surface area contributed by atoms with Crippen molar-refractivity contribution < 1.29 is 14.6 Å². The van der Waals surface area contributed by atoms with Gasteiger partial charge in [-0.2, -0.15) is 0 Å². The van der Waals surface area contributed by atoms with Crippen LogP contribution >= 0.6 is 0 Å². The highest BCUT2D eigenvalue weighted by molar-refractivity contribution is 5.85. The Balaban J connectivity index is 1.78. The van der Waals surface area contributed by atoms with Crippen molar-refractivity contribution in [2.75, 3.05) is 6.61 Å². The average Bonchev–Trinajstić information content (AvgIpc) is 2.96. The Morgan fingerprint density at radius 3 is 2.60 bits per heavy atom. The van der Waals surface area contributed by atoms with Gasteiger partial charge in [0.05, 0.1) is 13.2 Å². The van der Waals surface area contributed by atoms with E-state index in [4.69, 9.17) is 9.84 Å². The van der Waals surface area contributed by atoms with Crippen molar-refractivity contribution >= 4 is 12.2 Å². The quantitative estimate of drug-likeness (QED) is 0.772. The van der Waals surface area contributed by atoms with Crippen LogP contribution in [0.1, 0.15) is 5.56 Å². The molecule has 0 saturated heterocycles. The van der Waals surface area contributed by atoms with Gasteiger partial charge in [-0.15, -0.1) is 0 Å². The van der Waals surface area contributed by atoms with Gasteiger partial charge in [0.2, 0.25) is 0 Å². The Morgan fingerprint density at radius 2 is 1.95 bits per heavy atom. The first-order chi connectivity index (χ1) is 9.75. The molecule has 5 radical (unpaired) electrons. The third-order valence-corrected chi connectivity index (χ3v) is 2.76. The fraction of sp³-hybridized carbons (Fsp3) is 0.188. The molecule has 0 amide bonds. The van der Waals surface area contributed by atoms with Gasteiger partial charge in [-0.25, -0.2) is 4.79 Å². The molecule has 0 aliphatic heterocycles. The minimum atomic E-state index is -0.985. The summed E-state index contributed by atoms with van der Waals surface area (Å²) in [5.74, 6) is -0.0971. The minimum Gasteiger partial charge on any atom is -0.480 e. The molecule has 0 heterocycles. The Kier molecular flexibility index (Phi) is 5.74. The van der Waals surface area contributed by atoms with Crippen molar-refractivity contribution in [1.82, 2.24) is 0 Å². The van der Waals surface area contributed by atoms with Crippen molar-refractivity contribution in [3.05, 3.63) is 67.5 Å². The van der Waals surface area contributed by atoms with E-state index in [0.717, 1.165) is 11.5 Å². The third-order valence-electron chi connectivity index (χ3n) is 2.76. The highest BCUT2D eigenvalue weighted by Crippen LogP contribution is 2.20. The number of carbonyl (C=O) groups is 1. The molecule has 1 aromatic rings. The van der Waals surface area contributed by atoms with Crippen molar-refractivity contribution in [3.63, 3.8) is 0 Å². The topological polar surface area (TPSA) is 58.9 Å². The molecule has 1 saturated carbocycles. The van der Waals surface area contributed by atoms with E-state index in [1.807, 2.05) is 56.0 Å². The van der Waals surface area contributed by atoms with E-state index in [2.05, 4.69) is 4.99 Å². The SMILES string of the molecule is O=C(O)[C@H](COCc1ccccc1)N=C[C]1[CH][CH][CH][CH]1. The van der Waals surface area contributed by atoms with Gasteiger partial charge in [-0.3, -0.25) is 4.99 Å². The summed E-state index contributed by atoms with van der Waals surface area (Å²) in [6.07, 6.45) is 9.05. The van der Waals surface area contributed by atoms with E-state index in [0.29, 0.717) is 6.61 Å². The highest BCUT2D eigenvalue weighted by Gasteiger charge is 2.19. The maximum absolute atomic E-state index is 11.1. The van der Waals surface area contributed by atoms with Gasteiger partial charge in [0.1, 0.15) is 0 Å². The number of carboxylic acid groups (broad SMARTS) is 1.